The first kappa shape index (κ1) is 11.5. The lowest BCUT2D eigenvalue weighted by Crippen LogP contribution is -2.34. The SMILES string of the molecule is Cc1ccc(-c2c(N)on[n+]2-c2ccccc2)cc1. The van der Waals surface area contributed by atoms with Crippen LogP contribution in [0.25, 0.3) is 16.9 Å². The summed E-state index contributed by atoms with van der Waals surface area (Å²) in [6.45, 7) is 2.05. The Hall–Kier alpha value is -2.62. The third-order valence-corrected chi connectivity index (χ3v) is 2.99. The number of nitrogens with zero attached hydrogens (tertiary/aromatic N) is 2. The van der Waals surface area contributed by atoms with Crippen LogP contribution in [-0.4, -0.2) is 5.27 Å². The van der Waals surface area contributed by atoms with Crippen LogP contribution in [0.4, 0.5) is 5.88 Å². The van der Waals surface area contributed by atoms with E-state index in [1.165, 1.54) is 5.56 Å². The second kappa shape index (κ2) is 4.57. The van der Waals surface area contributed by atoms with Gasteiger partial charge in [-0.3, -0.25) is 4.52 Å². The average Bonchev–Trinajstić information content (AvgIpc) is 2.83. The highest BCUT2D eigenvalue weighted by Crippen LogP contribution is 2.23. The van der Waals surface area contributed by atoms with Crippen LogP contribution in [0.15, 0.2) is 59.1 Å². The van der Waals surface area contributed by atoms with Gasteiger partial charge in [0.2, 0.25) is 11.0 Å². The Balaban J connectivity index is 2.17. The Morgan fingerprint density at radius 3 is 2.37 bits per heavy atom. The van der Waals surface area contributed by atoms with Crippen molar-refractivity contribution in [1.29, 1.82) is 0 Å². The molecule has 0 spiro atoms. The zero-order valence-corrected chi connectivity index (χ0v) is 10.6. The Labute approximate surface area is 111 Å². The molecule has 0 saturated carbocycles. The van der Waals surface area contributed by atoms with E-state index in [0.29, 0.717) is 5.88 Å². The van der Waals surface area contributed by atoms with E-state index < -0.39 is 0 Å². The smallest absolute Gasteiger partial charge is 0.311 e. The fourth-order valence-corrected chi connectivity index (χ4v) is 1.99. The maximum Gasteiger partial charge on any atom is 0.311 e. The molecule has 0 fully saturated rings. The lowest BCUT2D eigenvalue weighted by atomic mass is 10.1. The number of aryl methyl sites for hydroxylation is 1. The normalized spacial score (nSPS) is 10.6. The Morgan fingerprint density at radius 1 is 1.00 bits per heavy atom. The highest BCUT2D eigenvalue weighted by molar-refractivity contribution is 5.66. The lowest BCUT2D eigenvalue weighted by molar-refractivity contribution is -0.660. The van der Waals surface area contributed by atoms with E-state index in [9.17, 15) is 0 Å². The first-order valence-corrected chi connectivity index (χ1v) is 6.05. The number of para-hydroxylation sites is 1. The maximum atomic E-state index is 5.90. The predicted octanol–water partition coefficient (Wildman–Crippen LogP) is 2.51. The molecule has 3 aromatic rings. The van der Waals surface area contributed by atoms with E-state index in [2.05, 4.69) is 5.27 Å². The number of aromatic nitrogens is 2. The molecule has 0 radical (unpaired) electrons. The second-order valence-electron chi connectivity index (χ2n) is 4.40. The first-order valence-electron chi connectivity index (χ1n) is 6.05. The van der Waals surface area contributed by atoms with Crippen molar-refractivity contribution in [1.82, 2.24) is 5.27 Å². The summed E-state index contributed by atoms with van der Waals surface area (Å²) in [7, 11) is 0. The number of hydrogen-bond acceptors (Lipinski definition) is 3. The number of nitrogens with two attached hydrogens (primary N) is 1. The van der Waals surface area contributed by atoms with Crippen LogP contribution in [-0.2, 0) is 0 Å². The molecule has 4 heteroatoms. The molecular formula is C15H14N3O+. The predicted molar refractivity (Wildman–Crippen MR) is 72.6 cm³/mol. The average molecular weight is 252 g/mol. The fraction of sp³-hybridized carbons (Fsp3) is 0.0667. The van der Waals surface area contributed by atoms with Crippen molar-refractivity contribution in [3.05, 3.63) is 60.2 Å². The van der Waals surface area contributed by atoms with Gasteiger partial charge in [0.15, 0.2) is 0 Å². The third-order valence-electron chi connectivity index (χ3n) is 2.99. The Bertz CT molecular complexity index is 687. The van der Waals surface area contributed by atoms with Crippen LogP contribution in [0.1, 0.15) is 5.56 Å². The third kappa shape index (κ3) is 2.08. The molecule has 0 aliphatic rings. The summed E-state index contributed by atoms with van der Waals surface area (Å²) >= 11 is 0. The minimum absolute atomic E-state index is 0.313. The van der Waals surface area contributed by atoms with Gasteiger partial charge >= 0.3 is 11.6 Å². The zero-order valence-electron chi connectivity index (χ0n) is 10.6. The molecule has 0 bridgehead atoms. The minimum atomic E-state index is 0.313. The monoisotopic (exact) mass is 252 g/mol. The van der Waals surface area contributed by atoms with Crippen LogP contribution in [0.2, 0.25) is 0 Å². The van der Waals surface area contributed by atoms with Crippen molar-refractivity contribution in [2.75, 3.05) is 5.73 Å². The highest BCUT2D eigenvalue weighted by atomic mass is 16.5. The van der Waals surface area contributed by atoms with Gasteiger partial charge in [0.05, 0.1) is 5.56 Å². The molecule has 0 aliphatic heterocycles. The van der Waals surface area contributed by atoms with Crippen molar-refractivity contribution in [2.45, 2.75) is 6.92 Å². The van der Waals surface area contributed by atoms with E-state index >= 15 is 0 Å². The molecular weight excluding hydrogens is 238 g/mol. The second-order valence-corrected chi connectivity index (χ2v) is 4.40. The van der Waals surface area contributed by atoms with Gasteiger partial charge in [0, 0.05) is 12.1 Å². The van der Waals surface area contributed by atoms with E-state index in [0.717, 1.165) is 16.9 Å². The van der Waals surface area contributed by atoms with E-state index in [-0.39, 0.29) is 0 Å². The van der Waals surface area contributed by atoms with Crippen molar-refractivity contribution in [3.63, 3.8) is 0 Å². The summed E-state index contributed by atoms with van der Waals surface area (Å²) in [6, 6.07) is 17.9. The highest BCUT2D eigenvalue weighted by Gasteiger charge is 2.26. The van der Waals surface area contributed by atoms with Crippen LogP contribution in [0.5, 0.6) is 0 Å². The molecule has 1 heterocycles. The molecule has 0 amide bonds. The van der Waals surface area contributed by atoms with Crippen LogP contribution in [0, 0.1) is 6.92 Å². The van der Waals surface area contributed by atoms with Crippen molar-refractivity contribution >= 4 is 5.88 Å². The minimum Gasteiger partial charge on any atom is -0.362 e. The molecule has 0 saturated heterocycles. The topological polar surface area (TPSA) is 55.9 Å². The zero-order chi connectivity index (χ0) is 13.2. The van der Waals surface area contributed by atoms with Crippen molar-refractivity contribution < 1.29 is 9.20 Å². The van der Waals surface area contributed by atoms with Crippen LogP contribution >= 0.6 is 0 Å². The van der Waals surface area contributed by atoms with Gasteiger partial charge in [-0.15, -0.1) is 0 Å². The molecule has 0 aliphatic carbocycles. The number of benzene rings is 2. The van der Waals surface area contributed by atoms with Crippen LogP contribution in [0.3, 0.4) is 0 Å². The quantitative estimate of drug-likeness (QED) is 0.713. The van der Waals surface area contributed by atoms with Crippen LogP contribution < -0.4 is 10.4 Å². The maximum absolute atomic E-state index is 5.90. The Kier molecular flexibility index (Phi) is 2.76. The van der Waals surface area contributed by atoms with Crippen molar-refractivity contribution in [3.8, 4) is 16.9 Å². The molecule has 2 aromatic carbocycles. The van der Waals surface area contributed by atoms with E-state index in [1.807, 2.05) is 61.5 Å². The summed E-state index contributed by atoms with van der Waals surface area (Å²) in [5, 5.41) is 4.00. The molecule has 4 nitrogen and oxygen atoms in total. The number of anilines is 1. The van der Waals surface area contributed by atoms with E-state index in [1.54, 1.807) is 4.68 Å². The van der Waals surface area contributed by atoms with Gasteiger partial charge < -0.3 is 5.73 Å². The molecule has 2 N–H and O–H groups in total. The van der Waals surface area contributed by atoms with Gasteiger partial charge in [-0.05, 0) is 23.7 Å². The van der Waals surface area contributed by atoms with Crippen molar-refractivity contribution in [2.24, 2.45) is 0 Å². The number of hydrogen-bond donors (Lipinski definition) is 1. The largest absolute Gasteiger partial charge is 0.362 e. The van der Waals surface area contributed by atoms with Gasteiger partial charge in [-0.25, -0.2) is 0 Å². The number of rotatable bonds is 2. The summed E-state index contributed by atoms with van der Waals surface area (Å²) < 4.78 is 6.83. The molecule has 94 valence electrons. The summed E-state index contributed by atoms with van der Waals surface area (Å²) in [5.41, 5.74) is 9.76. The molecule has 3 rings (SSSR count). The summed E-state index contributed by atoms with van der Waals surface area (Å²) in [4.78, 5) is 0. The summed E-state index contributed by atoms with van der Waals surface area (Å²) in [5.74, 6) is 0.313. The Morgan fingerprint density at radius 2 is 1.68 bits per heavy atom. The molecule has 1 aromatic heterocycles. The van der Waals surface area contributed by atoms with E-state index in [4.69, 9.17) is 10.3 Å². The van der Waals surface area contributed by atoms with Gasteiger partial charge in [0.25, 0.3) is 0 Å². The van der Waals surface area contributed by atoms with Gasteiger partial charge in [-0.2, -0.15) is 0 Å². The summed E-state index contributed by atoms with van der Waals surface area (Å²) in [6.07, 6.45) is 0. The first-order chi connectivity index (χ1) is 9.25. The molecule has 0 atom stereocenters. The fourth-order valence-electron chi connectivity index (χ4n) is 1.99. The molecule has 0 unspecified atom stereocenters. The van der Waals surface area contributed by atoms with Gasteiger partial charge in [0.1, 0.15) is 0 Å². The lowest BCUT2D eigenvalue weighted by Gasteiger charge is -1.96. The standard InChI is InChI=1S/C15H14N3O/c1-11-7-9-12(10-8-11)14-15(16)19-17-18(14)13-5-3-2-4-6-13/h2-10H,16H2,1H3/q+1. The van der Waals surface area contributed by atoms with Gasteiger partial charge in [-0.1, -0.05) is 35.9 Å². The molecule has 19 heavy (non-hydrogen) atoms. The number of nitrogen functional groups attached to an aromatic ring is 1.